The normalized spacial score (nSPS) is 14.5. The minimum Gasteiger partial charge on any atom is -0.493 e. The van der Waals surface area contributed by atoms with Crippen LogP contribution in [0.3, 0.4) is 0 Å². The van der Waals surface area contributed by atoms with Crippen molar-refractivity contribution in [3.63, 3.8) is 0 Å². The van der Waals surface area contributed by atoms with Gasteiger partial charge >= 0.3 is 0 Å². The second-order valence-electron chi connectivity index (χ2n) is 6.22. The number of thioether (sulfide) groups is 1. The van der Waals surface area contributed by atoms with Gasteiger partial charge in [0, 0.05) is 17.7 Å². The molecule has 1 fully saturated rings. The van der Waals surface area contributed by atoms with Crippen LogP contribution >= 0.6 is 24.0 Å². The second kappa shape index (κ2) is 9.66. The molecule has 1 aliphatic heterocycles. The van der Waals surface area contributed by atoms with Gasteiger partial charge in [0.1, 0.15) is 0 Å². The summed E-state index contributed by atoms with van der Waals surface area (Å²) in [5.41, 5.74) is 3.01. The number of carbonyl (C=O) groups excluding carboxylic acids is 2. The van der Waals surface area contributed by atoms with E-state index in [1.54, 1.807) is 18.2 Å². The Morgan fingerprint density at radius 1 is 1.12 bits per heavy atom. The van der Waals surface area contributed by atoms with Crippen LogP contribution in [0, 0.1) is 10.1 Å². The quantitative estimate of drug-likeness (QED) is 0.279. The molecule has 1 N–H and O–H groups in total. The maximum Gasteiger partial charge on any atom is 0.285 e. The minimum atomic E-state index is -0.634. The fourth-order valence-electron chi connectivity index (χ4n) is 2.80. The third kappa shape index (κ3) is 4.65. The number of benzene rings is 2. The molecule has 0 saturated carbocycles. The van der Waals surface area contributed by atoms with E-state index >= 15 is 0 Å². The van der Waals surface area contributed by atoms with Crippen LogP contribution in [0.1, 0.15) is 15.9 Å². The first-order valence-electron chi connectivity index (χ1n) is 8.92. The largest absolute Gasteiger partial charge is 0.493 e. The number of thiocarbonyl (C=S) groups is 1. The summed E-state index contributed by atoms with van der Waals surface area (Å²) in [6.45, 7) is 0. The van der Waals surface area contributed by atoms with Gasteiger partial charge in [-0.25, -0.2) is 0 Å². The second-order valence-corrected chi connectivity index (χ2v) is 7.90. The Labute approximate surface area is 192 Å². The Balaban J connectivity index is 1.82. The van der Waals surface area contributed by atoms with Gasteiger partial charge < -0.3 is 14.2 Å². The summed E-state index contributed by atoms with van der Waals surface area (Å²) in [6, 6.07) is 8.31. The molecule has 1 heterocycles. The first kappa shape index (κ1) is 23.0. The number of hydrazine groups is 1. The van der Waals surface area contributed by atoms with Crippen molar-refractivity contribution in [2.45, 2.75) is 0 Å². The molecule has 0 aromatic heterocycles. The molecule has 2 aromatic rings. The van der Waals surface area contributed by atoms with E-state index in [1.807, 2.05) is 0 Å². The summed E-state index contributed by atoms with van der Waals surface area (Å²) in [5, 5.41) is 11.7. The van der Waals surface area contributed by atoms with Crippen LogP contribution < -0.4 is 19.6 Å². The van der Waals surface area contributed by atoms with Crippen molar-refractivity contribution in [3.05, 3.63) is 62.5 Å². The van der Waals surface area contributed by atoms with Crippen molar-refractivity contribution in [2.75, 3.05) is 21.3 Å². The van der Waals surface area contributed by atoms with Crippen molar-refractivity contribution in [1.82, 2.24) is 10.4 Å². The molecule has 1 saturated heterocycles. The number of nitro benzene ring substituents is 1. The van der Waals surface area contributed by atoms with Crippen LogP contribution in [0.2, 0.25) is 0 Å². The van der Waals surface area contributed by atoms with Gasteiger partial charge in [-0.3, -0.25) is 25.1 Å². The number of rotatable bonds is 7. The Kier molecular flexibility index (Phi) is 6.95. The van der Waals surface area contributed by atoms with Crippen LogP contribution in [-0.2, 0) is 4.79 Å². The number of nitrogens with zero attached hydrogens (tertiary/aromatic N) is 2. The molecule has 12 heteroatoms. The van der Waals surface area contributed by atoms with Crippen molar-refractivity contribution in [1.29, 1.82) is 0 Å². The molecule has 0 bridgehead atoms. The number of nitrogens with one attached hydrogen (secondary N) is 1. The lowest BCUT2D eigenvalue weighted by Gasteiger charge is -2.15. The van der Waals surface area contributed by atoms with Crippen LogP contribution in [0.25, 0.3) is 6.08 Å². The summed E-state index contributed by atoms with van der Waals surface area (Å²) in [5.74, 6) is 0.0874. The molecule has 1 aliphatic rings. The fourth-order valence-corrected chi connectivity index (χ4v) is 3.98. The molecular weight excluding hydrogens is 458 g/mol. The van der Waals surface area contributed by atoms with Crippen molar-refractivity contribution < 1.29 is 28.7 Å². The van der Waals surface area contributed by atoms with E-state index in [-0.39, 0.29) is 20.5 Å². The number of nitro groups is 1. The Hall–Kier alpha value is -3.64. The van der Waals surface area contributed by atoms with Gasteiger partial charge in [-0.05, 0) is 48.1 Å². The van der Waals surface area contributed by atoms with Crippen LogP contribution in [0.4, 0.5) is 5.69 Å². The van der Waals surface area contributed by atoms with Gasteiger partial charge in [-0.1, -0.05) is 11.8 Å². The Morgan fingerprint density at radius 2 is 1.72 bits per heavy atom. The molecule has 2 aromatic carbocycles. The molecule has 0 aliphatic carbocycles. The summed E-state index contributed by atoms with van der Waals surface area (Å²) in [6.07, 6.45) is 1.59. The summed E-state index contributed by atoms with van der Waals surface area (Å²) in [7, 11) is 4.45. The van der Waals surface area contributed by atoms with Crippen LogP contribution in [-0.4, -0.2) is 47.4 Å². The summed E-state index contributed by atoms with van der Waals surface area (Å²) < 4.78 is 16.0. The van der Waals surface area contributed by atoms with Crippen molar-refractivity contribution in [3.8, 4) is 17.2 Å². The standard InChI is InChI=1S/C20H17N3O7S2/c1-28-14-8-11(9-15(29-2)17(14)30-3)10-16-19(25)22(20(31)32-16)21-18(24)12-4-6-13(7-5-12)23(26)27/h4-10H,1-3H3,(H,21,24)/b16-10+. The van der Waals surface area contributed by atoms with E-state index in [9.17, 15) is 19.7 Å². The molecule has 0 unspecified atom stereocenters. The average Bonchev–Trinajstić information content (AvgIpc) is 3.05. The molecule has 10 nitrogen and oxygen atoms in total. The number of ether oxygens (including phenoxy) is 3. The third-order valence-corrected chi connectivity index (χ3v) is 5.63. The van der Waals surface area contributed by atoms with Crippen molar-refractivity contribution >= 4 is 51.9 Å². The van der Waals surface area contributed by atoms with Gasteiger partial charge in [0.25, 0.3) is 17.5 Å². The highest BCUT2D eigenvalue weighted by Gasteiger charge is 2.34. The number of hydrogen-bond donors (Lipinski definition) is 1. The zero-order chi connectivity index (χ0) is 23.4. The predicted octanol–water partition coefficient (Wildman–Crippen LogP) is 3.17. The highest BCUT2D eigenvalue weighted by molar-refractivity contribution is 8.26. The summed E-state index contributed by atoms with van der Waals surface area (Å²) in [4.78, 5) is 35.7. The number of non-ortho nitro benzene ring substituents is 1. The topological polar surface area (TPSA) is 120 Å². The average molecular weight is 476 g/mol. The molecule has 0 atom stereocenters. The van der Waals surface area contributed by atoms with E-state index in [0.717, 1.165) is 16.8 Å². The van der Waals surface area contributed by atoms with Gasteiger partial charge in [0.15, 0.2) is 15.8 Å². The smallest absolute Gasteiger partial charge is 0.285 e. The van der Waals surface area contributed by atoms with E-state index in [0.29, 0.717) is 22.8 Å². The lowest BCUT2D eigenvalue weighted by Crippen LogP contribution is -2.44. The molecule has 0 radical (unpaired) electrons. The van der Waals surface area contributed by atoms with E-state index in [2.05, 4.69) is 5.43 Å². The van der Waals surface area contributed by atoms with Crippen LogP contribution in [0.5, 0.6) is 17.2 Å². The molecule has 166 valence electrons. The Morgan fingerprint density at radius 3 is 2.22 bits per heavy atom. The molecule has 2 amide bonds. The molecule has 3 rings (SSSR count). The maximum absolute atomic E-state index is 12.8. The first-order valence-corrected chi connectivity index (χ1v) is 10.1. The van der Waals surface area contributed by atoms with Gasteiger partial charge in [-0.2, -0.15) is 5.01 Å². The van der Waals surface area contributed by atoms with E-state index in [1.165, 1.54) is 45.6 Å². The molecule has 0 spiro atoms. The molecular formula is C20H17N3O7S2. The number of amides is 2. The zero-order valence-corrected chi connectivity index (χ0v) is 18.7. The zero-order valence-electron chi connectivity index (χ0n) is 17.1. The lowest BCUT2D eigenvalue weighted by molar-refractivity contribution is -0.384. The number of hydrogen-bond acceptors (Lipinski definition) is 9. The lowest BCUT2D eigenvalue weighted by atomic mass is 10.1. The van der Waals surface area contributed by atoms with Crippen LogP contribution in [0.15, 0.2) is 41.3 Å². The van der Waals surface area contributed by atoms with Gasteiger partial charge in [0.2, 0.25) is 5.75 Å². The fraction of sp³-hybridized carbons (Fsp3) is 0.150. The number of carbonyl (C=O) groups is 2. The predicted molar refractivity (Wildman–Crippen MR) is 122 cm³/mol. The van der Waals surface area contributed by atoms with Crippen molar-refractivity contribution in [2.24, 2.45) is 0 Å². The van der Waals surface area contributed by atoms with Gasteiger partial charge in [-0.15, -0.1) is 0 Å². The maximum atomic E-state index is 12.8. The minimum absolute atomic E-state index is 0.129. The third-order valence-electron chi connectivity index (χ3n) is 4.33. The monoisotopic (exact) mass is 475 g/mol. The SMILES string of the molecule is COc1cc(/C=C2/SC(=S)N(NC(=O)c3ccc([N+](=O)[O-])cc3)C2=O)cc(OC)c1OC. The first-order chi connectivity index (χ1) is 15.3. The highest BCUT2D eigenvalue weighted by atomic mass is 32.2. The number of methoxy groups -OCH3 is 3. The highest BCUT2D eigenvalue weighted by Crippen LogP contribution is 2.40. The molecule has 32 heavy (non-hydrogen) atoms. The van der Waals surface area contributed by atoms with Gasteiger partial charge in [0.05, 0.1) is 31.2 Å². The summed E-state index contributed by atoms with van der Waals surface area (Å²) >= 11 is 6.23. The van der Waals surface area contributed by atoms with E-state index < -0.39 is 16.7 Å². The van der Waals surface area contributed by atoms with E-state index in [4.69, 9.17) is 26.4 Å². The Bertz CT molecular complexity index is 1110.